The molecule has 2 aromatic rings. The lowest BCUT2D eigenvalue weighted by Crippen LogP contribution is -2.28. The van der Waals surface area contributed by atoms with Crippen LogP contribution in [0, 0.1) is 6.92 Å². The summed E-state index contributed by atoms with van der Waals surface area (Å²) in [6, 6.07) is 3.33. The number of hydrogen-bond acceptors (Lipinski definition) is 5. The maximum absolute atomic E-state index is 11.7. The molecule has 7 heteroatoms. The van der Waals surface area contributed by atoms with Crippen molar-refractivity contribution in [2.75, 3.05) is 6.54 Å². The third-order valence-corrected chi connectivity index (χ3v) is 3.20. The topological polar surface area (TPSA) is 88.5 Å². The Morgan fingerprint density at radius 2 is 2.40 bits per heavy atom. The first-order valence-electron chi connectivity index (χ1n) is 6.16. The van der Waals surface area contributed by atoms with Crippen molar-refractivity contribution < 1.29 is 18.8 Å². The van der Waals surface area contributed by atoms with Crippen LogP contribution in [0.2, 0.25) is 5.22 Å². The maximum atomic E-state index is 11.7. The Morgan fingerprint density at radius 3 is 3.00 bits per heavy atom. The monoisotopic (exact) mass is 298 g/mol. The molecule has 6 nitrogen and oxygen atoms in total. The number of amides is 1. The Labute approximate surface area is 120 Å². The Hall–Kier alpha value is -1.79. The normalized spacial score (nSPS) is 12.3. The summed E-state index contributed by atoms with van der Waals surface area (Å²) in [5.74, 6) is 0.232. The third kappa shape index (κ3) is 3.61. The third-order valence-electron chi connectivity index (χ3n) is 2.90. The van der Waals surface area contributed by atoms with Gasteiger partial charge < -0.3 is 19.4 Å². The summed E-state index contributed by atoms with van der Waals surface area (Å²) in [6.07, 6.45) is 1.30. The van der Waals surface area contributed by atoms with Crippen LogP contribution in [0.1, 0.15) is 29.5 Å². The standard InChI is InChI=1S/C13H15ClN2O4/c1-8-9(13(14)20-16-8)4-5-12(18)15-7-10(17)11-3-2-6-19-11/h2-3,6,10,17H,4-5,7H2,1H3,(H,15,18). The van der Waals surface area contributed by atoms with Gasteiger partial charge in [-0.25, -0.2) is 0 Å². The van der Waals surface area contributed by atoms with Crippen molar-refractivity contribution in [3.05, 3.63) is 40.6 Å². The van der Waals surface area contributed by atoms with Gasteiger partial charge in [0.05, 0.1) is 18.5 Å². The zero-order valence-corrected chi connectivity index (χ0v) is 11.7. The zero-order valence-electron chi connectivity index (χ0n) is 10.9. The number of aliphatic hydroxyl groups is 1. The van der Waals surface area contributed by atoms with Crippen molar-refractivity contribution in [3.8, 4) is 0 Å². The van der Waals surface area contributed by atoms with Crippen LogP contribution >= 0.6 is 11.6 Å². The molecule has 0 saturated heterocycles. The van der Waals surface area contributed by atoms with Crippen molar-refractivity contribution in [1.82, 2.24) is 10.5 Å². The fraction of sp³-hybridized carbons (Fsp3) is 0.385. The van der Waals surface area contributed by atoms with Crippen LogP contribution in [0.3, 0.4) is 0 Å². The minimum atomic E-state index is -0.852. The van der Waals surface area contributed by atoms with E-state index in [1.807, 2.05) is 0 Å². The molecule has 1 amide bonds. The zero-order chi connectivity index (χ0) is 14.5. The van der Waals surface area contributed by atoms with Gasteiger partial charge in [0.15, 0.2) is 0 Å². The van der Waals surface area contributed by atoms with Crippen molar-refractivity contribution in [2.45, 2.75) is 25.9 Å². The molecular weight excluding hydrogens is 284 g/mol. The number of rotatable bonds is 6. The predicted molar refractivity (Wildman–Crippen MR) is 71.2 cm³/mol. The summed E-state index contributed by atoms with van der Waals surface area (Å²) < 4.78 is 9.84. The van der Waals surface area contributed by atoms with Gasteiger partial charge in [-0.1, -0.05) is 5.16 Å². The molecule has 2 rings (SSSR count). The van der Waals surface area contributed by atoms with E-state index >= 15 is 0 Å². The van der Waals surface area contributed by atoms with Crippen LogP contribution in [-0.4, -0.2) is 22.7 Å². The highest BCUT2D eigenvalue weighted by Gasteiger charge is 2.14. The second-order valence-corrected chi connectivity index (χ2v) is 4.70. The number of aromatic nitrogens is 1. The molecule has 1 atom stereocenters. The molecule has 0 aliphatic carbocycles. The summed E-state index contributed by atoms with van der Waals surface area (Å²) >= 11 is 5.81. The molecule has 0 fully saturated rings. The Morgan fingerprint density at radius 1 is 1.60 bits per heavy atom. The van der Waals surface area contributed by atoms with E-state index in [0.29, 0.717) is 17.9 Å². The summed E-state index contributed by atoms with van der Waals surface area (Å²) in [4.78, 5) is 11.7. The molecule has 20 heavy (non-hydrogen) atoms. The maximum Gasteiger partial charge on any atom is 0.229 e. The Bertz CT molecular complexity index is 545. The average molecular weight is 299 g/mol. The number of halogens is 1. The van der Waals surface area contributed by atoms with Gasteiger partial charge in [-0.3, -0.25) is 4.79 Å². The van der Waals surface area contributed by atoms with Crippen molar-refractivity contribution in [2.24, 2.45) is 0 Å². The number of carbonyl (C=O) groups is 1. The van der Waals surface area contributed by atoms with Gasteiger partial charge in [0.1, 0.15) is 11.9 Å². The van der Waals surface area contributed by atoms with E-state index in [4.69, 9.17) is 20.5 Å². The Kier molecular flexibility index (Phi) is 4.81. The van der Waals surface area contributed by atoms with Crippen LogP contribution in [0.4, 0.5) is 0 Å². The molecule has 108 valence electrons. The smallest absolute Gasteiger partial charge is 0.229 e. The second-order valence-electron chi connectivity index (χ2n) is 4.36. The highest BCUT2D eigenvalue weighted by molar-refractivity contribution is 6.29. The van der Waals surface area contributed by atoms with Gasteiger partial charge in [-0.2, -0.15) is 0 Å². The number of furan rings is 1. The van der Waals surface area contributed by atoms with Crippen LogP contribution in [-0.2, 0) is 11.2 Å². The van der Waals surface area contributed by atoms with Crippen LogP contribution in [0.5, 0.6) is 0 Å². The molecule has 0 radical (unpaired) electrons. The Balaban J connectivity index is 1.76. The lowest BCUT2D eigenvalue weighted by atomic mass is 10.1. The first-order valence-corrected chi connectivity index (χ1v) is 6.54. The van der Waals surface area contributed by atoms with E-state index in [9.17, 15) is 9.90 Å². The van der Waals surface area contributed by atoms with Crippen LogP contribution in [0.25, 0.3) is 0 Å². The molecule has 0 saturated carbocycles. The van der Waals surface area contributed by atoms with Crippen LogP contribution in [0.15, 0.2) is 27.3 Å². The minimum absolute atomic E-state index is 0.0999. The van der Waals surface area contributed by atoms with Gasteiger partial charge in [-0.05, 0) is 37.1 Å². The van der Waals surface area contributed by atoms with E-state index in [1.165, 1.54) is 6.26 Å². The molecule has 2 aromatic heterocycles. The quantitative estimate of drug-likeness (QED) is 0.851. The van der Waals surface area contributed by atoms with E-state index in [-0.39, 0.29) is 24.1 Å². The molecule has 0 bridgehead atoms. The number of aryl methyl sites for hydroxylation is 1. The van der Waals surface area contributed by atoms with Gasteiger partial charge in [0.25, 0.3) is 0 Å². The fourth-order valence-corrected chi connectivity index (χ4v) is 2.02. The minimum Gasteiger partial charge on any atom is -0.467 e. The number of nitrogens with zero attached hydrogens (tertiary/aromatic N) is 1. The average Bonchev–Trinajstić information content (AvgIpc) is 3.05. The molecule has 0 aliphatic rings. The fourth-order valence-electron chi connectivity index (χ4n) is 1.76. The van der Waals surface area contributed by atoms with Crippen molar-refractivity contribution in [3.63, 3.8) is 0 Å². The summed E-state index contributed by atoms with van der Waals surface area (Å²) in [5.41, 5.74) is 1.41. The number of carbonyl (C=O) groups excluding carboxylic acids is 1. The summed E-state index contributed by atoms with van der Waals surface area (Å²) in [5, 5.41) is 16.3. The lowest BCUT2D eigenvalue weighted by Gasteiger charge is -2.09. The summed E-state index contributed by atoms with van der Waals surface area (Å²) in [7, 11) is 0. The van der Waals surface area contributed by atoms with Crippen molar-refractivity contribution >= 4 is 17.5 Å². The number of hydrogen-bond donors (Lipinski definition) is 2. The molecule has 0 aliphatic heterocycles. The SMILES string of the molecule is Cc1noc(Cl)c1CCC(=O)NCC(O)c1ccco1. The van der Waals surface area contributed by atoms with E-state index in [1.54, 1.807) is 19.1 Å². The number of nitrogens with one attached hydrogen (secondary N) is 1. The van der Waals surface area contributed by atoms with E-state index < -0.39 is 6.10 Å². The number of aliphatic hydroxyl groups excluding tert-OH is 1. The van der Waals surface area contributed by atoms with Gasteiger partial charge in [0.2, 0.25) is 11.1 Å². The van der Waals surface area contributed by atoms with Gasteiger partial charge in [0, 0.05) is 12.0 Å². The molecule has 0 spiro atoms. The van der Waals surface area contributed by atoms with Crippen LogP contribution < -0.4 is 5.32 Å². The predicted octanol–water partition coefficient (Wildman–Crippen LogP) is 2.01. The molecular formula is C13H15ClN2O4. The summed E-state index contributed by atoms with van der Waals surface area (Å²) in [6.45, 7) is 1.87. The molecule has 2 N–H and O–H groups in total. The first-order chi connectivity index (χ1) is 9.58. The highest BCUT2D eigenvalue weighted by Crippen LogP contribution is 2.20. The van der Waals surface area contributed by atoms with Gasteiger partial charge >= 0.3 is 0 Å². The lowest BCUT2D eigenvalue weighted by molar-refractivity contribution is -0.121. The first kappa shape index (κ1) is 14.6. The second kappa shape index (κ2) is 6.58. The largest absolute Gasteiger partial charge is 0.467 e. The molecule has 2 heterocycles. The van der Waals surface area contributed by atoms with Crippen molar-refractivity contribution in [1.29, 1.82) is 0 Å². The van der Waals surface area contributed by atoms with E-state index in [2.05, 4.69) is 10.5 Å². The van der Waals surface area contributed by atoms with E-state index in [0.717, 1.165) is 5.56 Å². The molecule has 0 aromatic carbocycles. The van der Waals surface area contributed by atoms with Gasteiger partial charge in [-0.15, -0.1) is 0 Å². The highest BCUT2D eigenvalue weighted by atomic mass is 35.5. The molecule has 1 unspecified atom stereocenters.